The van der Waals surface area contributed by atoms with Gasteiger partial charge < -0.3 is 19.5 Å². The van der Waals surface area contributed by atoms with Crippen molar-refractivity contribution in [3.8, 4) is 11.5 Å². The Balaban J connectivity index is 2.23. The van der Waals surface area contributed by atoms with E-state index in [1.807, 2.05) is 0 Å². The fourth-order valence-electron chi connectivity index (χ4n) is 2.74. The topological polar surface area (TPSA) is 134 Å². The summed E-state index contributed by atoms with van der Waals surface area (Å²) in [4.78, 5) is 46.7. The van der Waals surface area contributed by atoms with Crippen LogP contribution in [0.25, 0.3) is 0 Å². The van der Waals surface area contributed by atoms with E-state index in [1.54, 1.807) is 19.9 Å². The van der Waals surface area contributed by atoms with Crippen molar-refractivity contribution in [2.45, 2.75) is 13.8 Å². The maximum Gasteiger partial charge on any atom is 0.343 e. The number of hydrogen-bond acceptors (Lipinski definition) is 8. The van der Waals surface area contributed by atoms with Crippen LogP contribution in [0.2, 0.25) is 0 Å². The van der Waals surface area contributed by atoms with Crippen molar-refractivity contribution in [3.63, 3.8) is 0 Å². The number of nitro benzene ring substituents is 1. The third kappa shape index (κ3) is 4.54. The van der Waals surface area contributed by atoms with Crippen LogP contribution in [0, 0.1) is 24.0 Å². The number of ether oxygens (including phenoxy) is 3. The highest BCUT2D eigenvalue weighted by molar-refractivity contribution is 6.03. The molecular weight excluding hydrogens is 396 g/mol. The molecule has 0 aliphatic carbocycles. The molecule has 10 heteroatoms. The molecule has 0 fully saturated rings. The average molecular weight is 416 g/mol. The predicted octanol–water partition coefficient (Wildman–Crippen LogP) is 2.84. The summed E-state index contributed by atoms with van der Waals surface area (Å²) < 4.78 is 15.2. The van der Waals surface area contributed by atoms with Crippen molar-refractivity contribution < 1.29 is 33.5 Å². The smallest absolute Gasteiger partial charge is 0.343 e. The Bertz CT molecular complexity index is 1020. The number of aryl methyl sites for hydroxylation is 1. The second-order valence-corrected chi connectivity index (χ2v) is 6.17. The fourth-order valence-corrected chi connectivity index (χ4v) is 2.74. The molecule has 0 aliphatic rings. The highest BCUT2D eigenvalue weighted by atomic mass is 16.6. The van der Waals surface area contributed by atoms with Gasteiger partial charge in [0.2, 0.25) is 0 Å². The summed E-state index contributed by atoms with van der Waals surface area (Å²) in [7, 11) is 2.65. The van der Waals surface area contributed by atoms with Crippen LogP contribution in [0.1, 0.15) is 31.8 Å². The number of benzene rings is 2. The monoisotopic (exact) mass is 416 g/mol. The van der Waals surface area contributed by atoms with Gasteiger partial charge in [0.15, 0.2) is 24.4 Å². The quantitative estimate of drug-likeness (QED) is 0.300. The Kier molecular flexibility index (Phi) is 7.08. The van der Waals surface area contributed by atoms with Gasteiger partial charge in [-0.1, -0.05) is 6.07 Å². The molecule has 2 aromatic carbocycles. The van der Waals surface area contributed by atoms with Gasteiger partial charge in [-0.2, -0.15) is 0 Å². The van der Waals surface area contributed by atoms with Gasteiger partial charge in [0.25, 0.3) is 11.6 Å². The summed E-state index contributed by atoms with van der Waals surface area (Å²) in [5.74, 6) is -1.59. The first-order valence-electron chi connectivity index (χ1n) is 8.66. The first-order valence-corrected chi connectivity index (χ1v) is 8.66. The SMILES string of the molecule is COc1ccc(C=O)c(C(=O)OCC(=O)Nc2c([N+](=O)[O-])ccc(C)c2C)c1OC. The molecule has 0 saturated carbocycles. The zero-order chi connectivity index (χ0) is 22.4. The molecule has 1 amide bonds. The lowest BCUT2D eigenvalue weighted by molar-refractivity contribution is -0.384. The first-order chi connectivity index (χ1) is 14.2. The average Bonchev–Trinajstić information content (AvgIpc) is 2.73. The van der Waals surface area contributed by atoms with E-state index in [1.165, 1.54) is 32.4 Å². The van der Waals surface area contributed by atoms with E-state index < -0.39 is 23.4 Å². The Labute approximate surface area is 171 Å². The van der Waals surface area contributed by atoms with Gasteiger partial charge in [0, 0.05) is 11.6 Å². The molecule has 0 spiro atoms. The number of nitrogens with one attached hydrogen (secondary N) is 1. The predicted molar refractivity (Wildman–Crippen MR) is 106 cm³/mol. The number of nitro groups is 1. The van der Waals surface area contributed by atoms with Crippen molar-refractivity contribution in [1.29, 1.82) is 0 Å². The van der Waals surface area contributed by atoms with Gasteiger partial charge in [0.1, 0.15) is 11.3 Å². The Morgan fingerprint density at radius 1 is 1.13 bits per heavy atom. The van der Waals surface area contributed by atoms with Crippen LogP contribution >= 0.6 is 0 Å². The lowest BCUT2D eigenvalue weighted by atomic mass is 10.1. The van der Waals surface area contributed by atoms with Crippen molar-refractivity contribution in [3.05, 3.63) is 56.6 Å². The number of hydrogen-bond donors (Lipinski definition) is 1. The molecule has 0 unspecified atom stereocenters. The highest BCUT2D eigenvalue weighted by Gasteiger charge is 2.24. The van der Waals surface area contributed by atoms with E-state index >= 15 is 0 Å². The van der Waals surface area contributed by atoms with E-state index in [2.05, 4.69) is 5.32 Å². The Morgan fingerprint density at radius 3 is 2.40 bits per heavy atom. The molecule has 0 aromatic heterocycles. The zero-order valence-electron chi connectivity index (χ0n) is 16.8. The lowest BCUT2D eigenvalue weighted by Crippen LogP contribution is -2.23. The molecule has 0 radical (unpaired) electrons. The molecule has 1 N–H and O–H groups in total. The maximum absolute atomic E-state index is 12.5. The number of carbonyl (C=O) groups excluding carboxylic acids is 3. The third-order valence-electron chi connectivity index (χ3n) is 4.42. The number of carbonyl (C=O) groups is 3. The molecule has 0 atom stereocenters. The number of esters is 1. The van der Waals surface area contributed by atoms with Crippen molar-refractivity contribution >= 4 is 29.5 Å². The molecule has 0 aliphatic heterocycles. The second kappa shape index (κ2) is 9.50. The summed E-state index contributed by atoms with van der Waals surface area (Å²) >= 11 is 0. The molecule has 2 aromatic rings. The summed E-state index contributed by atoms with van der Waals surface area (Å²) in [5.41, 5.74) is 0.788. The number of aldehydes is 1. The minimum Gasteiger partial charge on any atom is -0.493 e. The number of amides is 1. The van der Waals surface area contributed by atoms with Crippen LogP contribution < -0.4 is 14.8 Å². The number of rotatable bonds is 8. The number of anilines is 1. The van der Waals surface area contributed by atoms with Gasteiger partial charge in [0.05, 0.1) is 19.1 Å². The van der Waals surface area contributed by atoms with Gasteiger partial charge in [-0.15, -0.1) is 0 Å². The van der Waals surface area contributed by atoms with Crippen LogP contribution in [0.4, 0.5) is 11.4 Å². The second-order valence-electron chi connectivity index (χ2n) is 6.17. The summed E-state index contributed by atoms with van der Waals surface area (Å²) in [5, 5.41) is 13.6. The van der Waals surface area contributed by atoms with Gasteiger partial charge in [-0.3, -0.25) is 19.7 Å². The molecule has 0 bridgehead atoms. The van der Waals surface area contributed by atoms with Gasteiger partial charge >= 0.3 is 5.97 Å². The van der Waals surface area contributed by atoms with Gasteiger partial charge in [-0.25, -0.2) is 4.79 Å². The lowest BCUT2D eigenvalue weighted by Gasteiger charge is -2.14. The van der Waals surface area contributed by atoms with Gasteiger partial charge in [-0.05, 0) is 37.1 Å². The highest BCUT2D eigenvalue weighted by Crippen LogP contribution is 2.34. The summed E-state index contributed by atoms with van der Waals surface area (Å²) in [6.07, 6.45) is 0.443. The molecule has 0 heterocycles. The fraction of sp³-hybridized carbons (Fsp3) is 0.250. The van der Waals surface area contributed by atoms with Crippen molar-refractivity contribution in [1.82, 2.24) is 0 Å². The molecule has 10 nitrogen and oxygen atoms in total. The van der Waals surface area contributed by atoms with Crippen LogP contribution in [0.5, 0.6) is 11.5 Å². The molecule has 0 saturated heterocycles. The number of methoxy groups -OCH3 is 2. The molecular formula is C20H20N2O8. The molecule has 30 heavy (non-hydrogen) atoms. The van der Waals surface area contributed by atoms with Crippen LogP contribution in [0.3, 0.4) is 0 Å². The maximum atomic E-state index is 12.5. The largest absolute Gasteiger partial charge is 0.493 e. The Morgan fingerprint density at radius 2 is 1.83 bits per heavy atom. The van der Waals surface area contributed by atoms with E-state index in [9.17, 15) is 24.5 Å². The van der Waals surface area contributed by atoms with Crippen LogP contribution in [-0.2, 0) is 9.53 Å². The van der Waals surface area contributed by atoms with E-state index in [0.29, 0.717) is 11.8 Å². The number of nitrogens with zero attached hydrogens (tertiary/aromatic N) is 1. The third-order valence-corrected chi connectivity index (χ3v) is 4.42. The first kappa shape index (κ1) is 22.3. The molecule has 158 valence electrons. The molecule has 2 rings (SSSR count). The van der Waals surface area contributed by atoms with E-state index in [0.717, 1.165) is 5.56 Å². The van der Waals surface area contributed by atoms with Crippen LogP contribution in [-0.4, -0.2) is 43.9 Å². The van der Waals surface area contributed by atoms with Crippen molar-refractivity contribution in [2.24, 2.45) is 0 Å². The zero-order valence-corrected chi connectivity index (χ0v) is 16.8. The normalized spacial score (nSPS) is 10.1. The standard InChI is InChI=1S/C20H20N2O8/c1-11-5-7-14(22(26)27)18(12(11)2)21-16(24)10-30-20(25)17-13(9-23)6-8-15(28-3)19(17)29-4/h5-9H,10H2,1-4H3,(H,21,24). The van der Waals surface area contributed by atoms with Crippen LogP contribution in [0.15, 0.2) is 24.3 Å². The Hall–Kier alpha value is -3.95. The van der Waals surface area contributed by atoms with E-state index in [-0.39, 0.29) is 34.0 Å². The van der Waals surface area contributed by atoms with E-state index in [4.69, 9.17) is 14.2 Å². The summed E-state index contributed by atoms with van der Waals surface area (Å²) in [6.45, 7) is 2.63. The minimum atomic E-state index is -0.988. The minimum absolute atomic E-state index is 0.0109. The summed E-state index contributed by atoms with van der Waals surface area (Å²) in [6, 6.07) is 5.65. The van der Waals surface area contributed by atoms with Crippen molar-refractivity contribution in [2.75, 3.05) is 26.1 Å².